The topological polar surface area (TPSA) is 108 Å². The van der Waals surface area contributed by atoms with Gasteiger partial charge >= 0.3 is 0 Å². The van der Waals surface area contributed by atoms with E-state index in [-0.39, 0.29) is 22.8 Å². The second-order valence-electron chi connectivity index (χ2n) is 9.47. The van der Waals surface area contributed by atoms with Gasteiger partial charge in [-0.1, -0.05) is 50.9 Å². The zero-order valence-electron chi connectivity index (χ0n) is 22.7. The molecular weight excluding hydrogens is 556 g/mol. The molecule has 1 N–H and O–H groups in total. The molecule has 0 fully saturated rings. The van der Waals surface area contributed by atoms with E-state index in [1.807, 2.05) is 13.8 Å². The number of nitrogens with one attached hydrogen (secondary N) is 1. The van der Waals surface area contributed by atoms with Gasteiger partial charge in [0.05, 0.1) is 11.8 Å². The van der Waals surface area contributed by atoms with Gasteiger partial charge in [-0.25, -0.2) is 8.42 Å². The Balaban J connectivity index is 2.24. The molecule has 0 aliphatic carbocycles. The number of pyridine rings is 1. The van der Waals surface area contributed by atoms with E-state index < -0.39 is 27.2 Å². The highest BCUT2D eigenvalue weighted by Crippen LogP contribution is 2.34. The summed E-state index contributed by atoms with van der Waals surface area (Å²) in [5, 5.41) is 0.500. The zero-order valence-corrected chi connectivity index (χ0v) is 25.1. The molecule has 0 bridgehead atoms. The average molecular weight is 591 g/mol. The third kappa shape index (κ3) is 8.05. The molecule has 0 saturated carbocycles. The van der Waals surface area contributed by atoms with Crippen LogP contribution in [-0.2, 0) is 34.0 Å². The first-order valence-electron chi connectivity index (χ1n) is 13.0. The van der Waals surface area contributed by atoms with Crippen molar-refractivity contribution in [3.8, 4) is 11.1 Å². The molecule has 3 aromatic rings. The van der Waals surface area contributed by atoms with Crippen LogP contribution < -0.4 is 10.3 Å². The number of aryl methyl sites for hydroxylation is 1. The van der Waals surface area contributed by atoms with Crippen LogP contribution >= 0.6 is 11.6 Å². The number of carbonyl (C=O) groups excluding carboxylic acids is 1. The Bertz CT molecular complexity index is 1470. The normalized spacial score (nSPS) is 13.3. The molecule has 1 heterocycles. The largest absolute Gasteiger partial charge is 0.598 e. The molecule has 0 radical (unpaired) electrons. The van der Waals surface area contributed by atoms with Crippen LogP contribution in [0.2, 0.25) is 5.02 Å². The predicted molar refractivity (Wildman–Crippen MR) is 159 cm³/mol. The van der Waals surface area contributed by atoms with Gasteiger partial charge in [0.2, 0.25) is 0 Å². The maximum absolute atomic E-state index is 13.7. The minimum Gasteiger partial charge on any atom is -0.598 e. The third-order valence-electron chi connectivity index (χ3n) is 6.55. The lowest BCUT2D eigenvalue weighted by Gasteiger charge is -2.23. The smallest absolute Gasteiger partial charge is 0.250 e. The highest BCUT2D eigenvalue weighted by atomic mass is 35.5. The second-order valence-corrected chi connectivity index (χ2v) is 13.6. The van der Waals surface area contributed by atoms with Crippen LogP contribution in [0.15, 0.2) is 59.5 Å². The van der Waals surface area contributed by atoms with Gasteiger partial charge < -0.3 is 9.12 Å². The third-order valence-corrected chi connectivity index (χ3v) is 9.66. The van der Waals surface area contributed by atoms with Gasteiger partial charge in [-0.15, -0.1) is 4.72 Å². The number of sulfone groups is 1. The van der Waals surface area contributed by atoms with E-state index in [1.165, 1.54) is 10.6 Å². The van der Waals surface area contributed by atoms with Crippen LogP contribution in [0, 0.1) is 0 Å². The summed E-state index contributed by atoms with van der Waals surface area (Å²) >= 11 is 4.72. The summed E-state index contributed by atoms with van der Waals surface area (Å²) < 4.78 is 42.2. The van der Waals surface area contributed by atoms with Crippen molar-refractivity contribution in [3.05, 3.63) is 92.4 Å². The van der Waals surface area contributed by atoms with E-state index in [9.17, 15) is 22.6 Å². The average Bonchev–Trinajstić information content (AvgIpc) is 2.91. The van der Waals surface area contributed by atoms with Crippen LogP contribution in [0.25, 0.3) is 11.1 Å². The fraction of sp³-hybridized carbons (Fsp3) is 0.379. The first-order valence-corrected chi connectivity index (χ1v) is 16.5. The summed E-state index contributed by atoms with van der Waals surface area (Å²) in [6.45, 7) is 5.55. The first kappa shape index (κ1) is 31.1. The standard InChI is InChI=1S/C29H35ClN2O5S2/c1-5-8-15-38(35)31-27(6-2)25-17-28(33)32(4)18-26(25)24-16-20(19-39(36,37)7-3)9-14-23(24)29(34)21-10-12-22(30)13-11-21/h9-14,16-18,27,31H,5-8,15,19H2,1-4H3/t27-,38-/m0/s1. The summed E-state index contributed by atoms with van der Waals surface area (Å²) in [4.78, 5) is 26.5. The Morgan fingerprint density at radius 2 is 1.77 bits per heavy atom. The monoisotopic (exact) mass is 590 g/mol. The number of halogens is 1. The molecule has 0 aliphatic heterocycles. The molecule has 0 amide bonds. The number of hydrogen-bond acceptors (Lipinski definition) is 6. The van der Waals surface area contributed by atoms with Crippen molar-refractivity contribution in [1.29, 1.82) is 0 Å². The van der Waals surface area contributed by atoms with Crippen molar-refractivity contribution in [3.63, 3.8) is 0 Å². The number of nitrogens with zero attached hydrogens (tertiary/aromatic N) is 1. The van der Waals surface area contributed by atoms with Gasteiger partial charge in [-0.3, -0.25) is 9.59 Å². The summed E-state index contributed by atoms with van der Waals surface area (Å²) in [7, 11) is -1.72. The number of ketones is 1. The van der Waals surface area contributed by atoms with E-state index >= 15 is 0 Å². The fourth-order valence-corrected chi connectivity index (χ4v) is 6.53. The van der Waals surface area contributed by atoms with Crippen molar-refractivity contribution in [2.24, 2.45) is 7.05 Å². The van der Waals surface area contributed by atoms with Crippen molar-refractivity contribution >= 4 is 38.6 Å². The van der Waals surface area contributed by atoms with Crippen LogP contribution in [0.4, 0.5) is 0 Å². The predicted octanol–water partition coefficient (Wildman–Crippen LogP) is 5.38. The Labute approximate surface area is 238 Å². The Hall–Kier alpha value is -2.43. The van der Waals surface area contributed by atoms with Gasteiger partial charge in [0, 0.05) is 58.1 Å². The molecular formula is C29H35ClN2O5S2. The molecule has 1 aromatic heterocycles. The summed E-state index contributed by atoms with van der Waals surface area (Å²) in [6.07, 6.45) is 3.91. The molecule has 2 aromatic carbocycles. The Kier molecular flexibility index (Phi) is 11.0. The number of rotatable bonds is 13. The highest BCUT2D eigenvalue weighted by molar-refractivity contribution is 7.90. The van der Waals surface area contributed by atoms with Gasteiger partial charge in [-0.2, -0.15) is 0 Å². The highest BCUT2D eigenvalue weighted by Gasteiger charge is 2.25. The maximum atomic E-state index is 13.7. The number of benzene rings is 2. The molecule has 0 aliphatic rings. The second kappa shape index (κ2) is 13.8. The van der Waals surface area contributed by atoms with Crippen molar-refractivity contribution in [1.82, 2.24) is 9.29 Å². The van der Waals surface area contributed by atoms with Crippen LogP contribution in [0.1, 0.15) is 73.1 Å². The molecule has 10 heteroatoms. The van der Waals surface area contributed by atoms with Gasteiger partial charge in [0.25, 0.3) is 5.56 Å². The first-order chi connectivity index (χ1) is 18.5. The molecule has 0 unspecified atom stereocenters. The number of carbonyl (C=O) groups is 1. The summed E-state index contributed by atoms with van der Waals surface area (Å²) in [5.74, 6) is 0.0323. The number of aromatic nitrogens is 1. The number of hydrogen-bond donors (Lipinski definition) is 1. The lowest BCUT2D eigenvalue weighted by Crippen LogP contribution is -2.32. The maximum Gasteiger partial charge on any atom is 0.250 e. The molecule has 0 saturated heterocycles. The Morgan fingerprint density at radius 1 is 1.08 bits per heavy atom. The quantitative estimate of drug-likeness (QED) is 0.212. The van der Waals surface area contributed by atoms with Gasteiger partial charge in [0.1, 0.15) is 5.75 Å². The minimum absolute atomic E-state index is 0.00964. The summed E-state index contributed by atoms with van der Waals surface area (Å²) in [6, 6.07) is 12.6. The van der Waals surface area contributed by atoms with Crippen molar-refractivity contribution in [2.75, 3.05) is 11.5 Å². The van der Waals surface area contributed by atoms with E-state index in [2.05, 4.69) is 4.72 Å². The minimum atomic E-state index is -3.34. The lowest BCUT2D eigenvalue weighted by molar-refractivity contribution is 0.103. The zero-order chi connectivity index (χ0) is 28.7. The fourth-order valence-electron chi connectivity index (χ4n) is 4.23. The van der Waals surface area contributed by atoms with Crippen molar-refractivity contribution in [2.45, 2.75) is 51.8 Å². The van der Waals surface area contributed by atoms with E-state index in [0.717, 1.165) is 12.8 Å². The molecule has 39 heavy (non-hydrogen) atoms. The number of unbranched alkanes of at least 4 members (excludes halogenated alkanes) is 1. The molecule has 2 atom stereocenters. The van der Waals surface area contributed by atoms with Gasteiger partial charge in [0.15, 0.2) is 15.6 Å². The molecule has 0 spiro atoms. The van der Waals surface area contributed by atoms with E-state index in [4.69, 9.17) is 11.6 Å². The summed E-state index contributed by atoms with van der Waals surface area (Å²) in [5.41, 5.74) is 2.77. The van der Waals surface area contributed by atoms with E-state index in [1.54, 1.807) is 62.6 Å². The molecule has 210 valence electrons. The van der Waals surface area contributed by atoms with Crippen LogP contribution in [0.3, 0.4) is 0 Å². The molecule has 3 rings (SSSR count). The SMILES string of the molecule is CCCC[S@+]([O-])N[C@@H](CC)c1cc(=O)n(C)cc1-c1cc(CS(=O)(=O)CC)ccc1C(=O)c1ccc(Cl)cc1. The van der Waals surface area contributed by atoms with E-state index in [0.29, 0.717) is 50.6 Å². The van der Waals surface area contributed by atoms with Gasteiger partial charge in [-0.05, 0) is 59.9 Å². The van der Waals surface area contributed by atoms with Crippen molar-refractivity contribution < 1.29 is 17.8 Å². The Morgan fingerprint density at radius 3 is 2.38 bits per heavy atom. The van der Waals surface area contributed by atoms with Crippen LogP contribution in [-0.4, -0.2) is 34.8 Å². The lowest BCUT2D eigenvalue weighted by atomic mass is 9.89. The van der Waals surface area contributed by atoms with Crippen LogP contribution in [0.5, 0.6) is 0 Å². The molecule has 7 nitrogen and oxygen atoms in total.